The number of nitriles is 2. The summed E-state index contributed by atoms with van der Waals surface area (Å²) in [4.78, 5) is 130. The SMILES string of the molecule is N#COc1ccc(C(=O)OCCOCC(=O)OCC(COC(=O)COCCOC(=O)c2ccc(N=C=O)cc2)(COC(=O)COCCOC(=O)c2ccc(N=C=O)cc2)COC(=O)COCCOC(=O)c2ccc(OC#N)cc2)cc1. The van der Waals surface area contributed by atoms with Crippen molar-refractivity contribution in [2.75, 3.05) is 106 Å². The van der Waals surface area contributed by atoms with Crippen molar-refractivity contribution in [1.82, 2.24) is 0 Å². The smallest absolute Gasteiger partial charge is 0.338 e. The fourth-order valence-corrected chi connectivity index (χ4v) is 5.95. The number of ether oxygens (including phenoxy) is 14. The van der Waals surface area contributed by atoms with Gasteiger partial charge in [0.2, 0.25) is 12.2 Å². The second-order valence-corrected chi connectivity index (χ2v) is 15.8. The molecule has 0 aliphatic rings. The number of aliphatic imine (C=N–C) groups is 2. The van der Waals surface area contributed by atoms with Crippen molar-refractivity contribution in [1.29, 1.82) is 10.5 Å². The monoisotopic (exact) mass is 1120 g/mol. The van der Waals surface area contributed by atoms with E-state index in [9.17, 15) is 47.9 Å². The number of hydrogen-bond acceptors (Lipinski definition) is 28. The molecule has 0 N–H and O–H groups in total. The number of carbonyl (C=O) groups is 8. The molecule has 28 heteroatoms. The highest BCUT2D eigenvalue weighted by atomic mass is 16.6. The molecular formula is C53H48N4O24. The summed E-state index contributed by atoms with van der Waals surface area (Å²) in [7, 11) is 0. The van der Waals surface area contributed by atoms with Gasteiger partial charge >= 0.3 is 47.8 Å². The van der Waals surface area contributed by atoms with Crippen LogP contribution in [0, 0.1) is 28.4 Å². The summed E-state index contributed by atoms with van der Waals surface area (Å²) in [5.74, 6) is -6.81. The van der Waals surface area contributed by atoms with Gasteiger partial charge in [0.05, 0.1) is 60.1 Å². The van der Waals surface area contributed by atoms with Crippen LogP contribution in [0.1, 0.15) is 41.4 Å². The van der Waals surface area contributed by atoms with E-state index in [1.165, 1.54) is 122 Å². The highest BCUT2D eigenvalue weighted by Gasteiger charge is 2.38. The third kappa shape index (κ3) is 24.8. The van der Waals surface area contributed by atoms with Gasteiger partial charge in [-0.15, -0.1) is 10.5 Å². The Hall–Kier alpha value is -10.2. The fraction of sp³-hybridized carbons (Fsp3) is 0.321. The van der Waals surface area contributed by atoms with Crippen molar-refractivity contribution in [2.24, 2.45) is 15.4 Å². The summed E-state index contributed by atoms with van der Waals surface area (Å²) in [6.07, 6.45) is 5.74. The van der Waals surface area contributed by atoms with Crippen LogP contribution in [0.15, 0.2) is 107 Å². The molecule has 424 valence electrons. The molecule has 0 spiro atoms. The third-order valence-electron chi connectivity index (χ3n) is 9.94. The molecule has 0 saturated heterocycles. The maximum absolute atomic E-state index is 13.0. The highest BCUT2D eigenvalue weighted by Crippen LogP contribution is 2.23. The third-order valence-corrected chi connectivity index (χ3v) is 9.94. The standard InChI is InChI=1S/C53H48N4O24/c54-33-80-43-13-5-39(6-14-43)51(66)74-23-19-70-27-47(62)78-31-53(29-76-45(60)25-68-17-21-72-49(64)37-1-9-41(10-2-37)56-35-58,30-77-46(61)26-69-18-22-73-50(65)38-3-11-42(12-4-38)57-36-59)32-79-48(63)28-71-20-24-75-52(67)40-7-15-44(16-8-40)81-34-55/h1-16H,17-32H2. The summed E-state index contributed by atoms with van der Waals surface area (Å²) < 4.78 is 72.7. The molecule has 0 aliphatic heterocycles. The molecule has 0 saturated carbocycles. The van der Waals surface area contributed by atoms with Crippen molar-refractivity contribution >= 4 is 71.3 Å². The van der Waals surface area contributed by atoms with Crippen LogP contribution in [0.2, 0.25) is 0 Å². The lowest BCUT2D eigenvalue weighted by Gasteiger charge is -2.31. The minimum Gasteiger partial charge on any atom is -0.463 e. The van der Waals surface area contributed by atoms with Crippen molar-refractivity contribution < 1.29 is 114 Å². The van der Waals surface area contributed by atoms with Gasteiger partial charge in [-0.2, -0.15) is 9.98 Å². The van der Waals surface area contributed by atoms with E-state index < -0.39 is 106 Å². The lowest BCUT2D eigenvalue weighted by molar-refractivity contribution is -0.176. The predicted octanol–water partition coefficient (Wildman–Crippen LogP) is 3.29. The minimum absolute atomic E-state index is 0.124. The van der Waals surface area contributed by atoms with Gasteiger partial charge in [-0.05, 0) is 97.1 Å². The molecule has 4 rings (SSSR count). The van der Waals surface area contributed by atoms with Gasteiger partial charge in [0.1, 0.15) is 96.2 Å². The normalized spacial score (nSPS) is 10.3. The van der Waals surface area contributed by atoms with Gasteiger partial charge < -0.3 is 66.3 Å². The number of carbonyl (C=O) groups excluding carboxylic acids is 10. The first-order valence-electron chi connectivity index (χ1n) is 23.6. The largest absolute Gasteiger partial charge is 0.463 e. The Labute approximate surface area is 459 Å². The molecule has 81 heavy (non-hydrogen) atoms. The van der Waals surface area contributed by atoms with Crippen LogP contribution in [-0.2, 0) is 85.6 Å². The summed E-state index contributed by atoms with van der Waals surface area (Å²) >= 11 is 0. The Bertz CT molecular complexity index is 2730. The molecule has 4 aromatic rings. The summed E-state index contributed by atoms with van der Waals surface area (Å²) in [5.41, 5.74) is -0.888. The molecule has 4 aromatic carbocycles. The van der Waals surface area contributed by atoms with E-state index in [2.05, 4.69) is 19.5 Å². The minimum atomic E-state index is -1.90. The first kappa shape index (κ1) is 63.4. The Kier molecular flexibility index (Phi) is 28.2. The zero-order valence-corrected chi connectivity index (χ0v) is 42.6. The van der Waals surface area contributed by atoms with E-state index in [0.29, 0.717) is 0 Å². The topological polar surface area (TPSA) is 372 Å². The summed E-state index contributed by atoms with van der Waals surface area (Å²) in [6, 6.07) is 21.9. The van der Waals surface area contributed by atoms with E-state index in [-0.39, 0.29) is 98.0 Å². The van der Waals surface area contributed by atoms with Crippen LogP contribution in [-0.4, -0.2) is 166 Å². The highest BCUT2D eigenvalue weighted by molar-refractivity contribution is 5.91. The van der Waals surface area contributed by atoms with Gasteiger partial charge in [0.25, 0.3) is 12.5 Å². The molecule has 28 nitrogen and oxygen atoms in total. The number of rotatable bonds is 36. The van der Waals surface area contributed by atoms with E-state index in [1.54, 1.807) is 0 Å². The molecule has 0 radical (unpaired) electrons. The maximum atomic E-state index is 13.0. The van der Waals surface area contributed by atoms with Crippen molar-refractivity contribution in [3.8, 4) is 24.0 Å². The molecule has 0 bridgehead atoms. The van der Waals surface area contributed by atoms with E-state index in [0.717, 1.165) is 0 Å². The van der Waals surface area contributed by atoms with Crippen LogP contribution in [0.5, 0.6) is 11.5 Å². The molecule has 0 fully saturated rings. The number of hydrogen-bond donors (Lipinski definition) is 0. The first-order chi connectivity index (χ1) is 39.3. The number of benzene rings is 4. The number of nitrogens with zero attached hydrogens (tertiary/aromatic N) is 4. The molecule has 0 aromatic heterocycles. The number of isocyanates is 2. The van der Waals surface area contributed by atoms with E-state index in [1.807, 2.05) is 0 Å². The van der Waals surface area contributed by atoms with Gasteiger partial charge in [-0.1, -0.05) is 0 Å². The van der Waals surface area contributed by atoms with Crippen LogP contribution in [0.4, 0.5) is 11.4 Å². The van der Waals surface area contributed by atoms with E-state index >= 15 is 0 Å². The second-order valence-electron chi connectivity index (χ2n) is 15.8. The zero-order chi connectivity index (χ0) is 58.5. The molecule has 0 atom stereocenters. The zero-order valence-electron chi connectivity index (χ0n) is 42.6. The van der Waals surface area contributed by atoms with Crippen molar-refractivity contribution in [3.05, 3.63) is 119 Å². The van der Waals surface area contributed by atoms with Gasteiger partial charge in [0.15, 0.2) is 0 Å². The molecule has 0 amide bonds. The second kappa shape index (κ2) is 36.0. The quantitative estimate of drug-likeness (QED) is 0.0157. The van der Waals surface area contributed by atoms with Gasteiger partial charge in [0, 0.05) is 0 Å². The average molecular weight is 1120 g/mol. The summed E-state index contributed by atoms with van der Waals surface area (Å²) in [5, 5.41) is 17.3. The van der Waals surface area contributed by atoms with Crippen LogP contribution in [0.25, 0.3) is 0 Å². The lowest BCUT2D eigenvalue weighted by atomic mass is 9.92. The van der Waals surface area contributed by atoms with Gasteiger partial charge in [-0.3, -0.25) is 0 Å². The maximum Gasteiger partial charge on any atom is 0.338 e. The lowest BCUT2D eigenvalue weighted by Crippen LogP contribution is -2.45. The fourth-order valence-electron chi connectivity index (χ4n) is 5.95. The van der Waals surface area contributed by atoms with Crippen molar-refractivity contribution in [3.63, 3.8) is 0 Å². The Morgan fingerprint density at radius 2 is 0.605 bits per heavy atom. The Morgan fingerprint density at radius 1 is 0.358 bits per heavy atom. The van der Waals surface area contributed by atoms with Crippen molar-refractivity contribution in [2.45, 2.75) is 0 Å². The first-order valence-corrected chi connectivity index (χ1v) is 23.6. The van der Waals surface area contributed by atoms with Gasteiger partial charge in [-0.25, -0.2) is 47.9 Å². The summed E-state index contributed by atoms with van der Waals surface area (Å²) in [6.45, 7) is -8.56. The number of esters is 8. The molecular weight excluding hydrogens is 1080 g/mol. The molecule has 0 heterocycles. The van der Waals surface area contributed by atoms with Crippen LogP contribution >= 0.6 is 0 Å². The van der Waals surface area contributed by atoms with Crippen LogP contribution in [0.3, 0.4) is 0 Å². The Balaban J connectivity index is 1.38. The average Bonchev–Trinajstić information content (AvgIpc) is 3.47. The van der Waals surface area contributed by atoms with E-state index in [4.69, 9.17) is 67.4 Å². The molecule has 0 unspecified atom stereocenters. The molecule has 0 aliphatic carbocycles. The van der Waals surface area contributed by atoms with Crippen LogP contribution < -0.4 is 9.47 Å². The predicted molar refractivity (Wildman–Crippen MR) is 264 cm³/mol. The Morgan fingerprint density at radius 3 is 0.840 bits per heavy atom.